The number of ether oxygens (including phenoxy) is 1. The summed E-state index contributed by atoms with van der Waals surface area (Å²) in [6, 6.07) is 11.1. The van der Waals surface area contributed by atoms with Crippen molar-refractivity contribution < 1.29 is 9.53 Å². The molecular weight excluding hydrogens is 440 g/mol. The molecule has 2 heterocycles. The number of rotatable bonds is 5. The second kappa shape index (κ2) is 9.72. The van der Waals surface area contributed by atoms with Crippen LogP contribution in [-0.4, -0.2) is 34.2 Å². The molecule has 7 nitrogen and oxygen atoms in total. The minimum atomic E-state index is -0.586. The Balaban J connectivity index is 1.76. The predicted molar refractivity (Wildman–Crippen MR) is 141 cm³/mol. The van der Waals surface area contributed by atoms with Crippen molar-refractivity contribution in [3.8, 4) is 0 Å². The number of hydrogen-bond acceptors (Lipinski definition) is 6. The van der Waals surface area contributed by atoms with Crippen molar-refractivity contribution in [1.29, 1.82) is 0 Å². The number of nitrogens with zero attached hydrogens (tertiary/aromatic N) is 3. The molecule has 1 saturated heterocycles. The normalized spacial score (nSPS) is 15.2. The maximum atomic E-state index is 13.4. The lowest BCUT2D eigenvalue weighted by atomic mass is 10.0. The molecule has 1 fully saturated rings. The number of nitrogens with one attached hydrogen (secondary N) is 1. The van der Waals surface area contributed by atoms with Gasteiger partial charge in [-0.25, -0.2) is 9.78 Å². The van der Waals surface area contributed by atoms with Crippen molar-refractivity contribution in [2.75, 3.05) is 23.3 Å². The number of carbonyl (C=O) groups is 1. The first-order valence-corrected chi connectivity index (χ1v) is 12.4. The molecule has 1 unspecified atom stereocenters. The zero-order chi connectivity index (χ0) is 25.3. The van der Waals surface area contributed by atoms with E-state index in [0.717, 1.165) is 37.1 Å². The molecule has 0 saturated carbocycles. The quantitative estimate of drug-likeness (QED) is 0.500. The predicted octanol–water partition coefficient (Wildman–Crippen LogP) is 5.36. The Bertz CT molecular complexity index is 1300. The fourth-order valence-electron chi connectivity index (χ4n) is 4.68. The number of piperidine rings is 1. The van der Waals surface area contributed by atoms with Gasteiger partial charge < -0.3 is 15.0 Å². The number of benzene rings is 2. The van der Waals surface area contributed by atoms with E-state index in [1.807, 2.05) is 58.9 Å². The molecule has 186 valence electrons. The molecule has 1 aliphatic heterocycles. The van der Waals surface area contributed by atoms with E-state index >= 15 is 0 Å². The maximum absolute atomic E-state index is 13.4. The maximum Gasteiger partial charge on any atom is 0.340 e. The highest BCUT2D eigenvalue weighted by atomic mass is 16.6. The molecule has 1 aromatic heterocycles. The molecule has 0 bridgehead atoms. The highest BCUT2D eigenvalue weighted by molar-refractivity contribution is 5.96. The summed E-state index contributed by atoms with van der Waals surface area (Å²) in [5.41, 5.74) is 3.15. The minimum absolute atomic E-state index is 0.0399. The SMILES string of the molecule is Cc1cc(C(C)Nc2ccccc2C(=O)OC(C)(C)C)c2nc(N3CCCCC3)n(C)c(=O)c2c1. The third-order valence-electron chi connectivity index (χ3n) is 6.35. The van der Waals surface area contributed by atoms with Crippen LogP contribution in [0.2, 0.25) is 0 Å². The number of carbonyl (C=O) groups excluding carboxylic acids is 1. The smallest absolute Gasteiger partial charge is 0.340 e. The number of aryl methyl sites for hydroxylation is 1. The average Bonchev–Trinajstić information content (AvgIpc) is 2.81. The summed E-state index contributed by atoms with van der Waals surface area (Å²) in [7, 11) is 1.81. The van der Waals surface area contributed by atoms with Gasteiger partial charge in [-0.15, -0.1) is 0 Å². The lowest BCUT2D eigenvalue weighted by Gasteiger charge is -2.29. The fraction of sp³-hybridized carbons (Fsp3) is 0.464. The number of hydrogen-bond donors (Lipinski definition) is 1. The van der Waals surface area contributed by atoms with Crippen molar-refractivity contribution in [3.63, 3.8) is 0 Å². The van der Waals surface area contributed by atoms with Gasteiger partial charge in [-0.3, -0.25) is 9.36 Å². The van der Waals surface area contributed by atoms with Gasteiger partial charge in [-0.05, 0) is 77.6 Å². The van der Waals surface area contributed by atoms with Crippen LogP contribution >= 0.6 is 0 Å². The molecule has 0 aliphatic carbocycles. The number of esters is 1. The van der Waals surface area contributed by atoms with Gasteiger partial charge in [0.05, 0.1) is 22.5 Å². The van der Waals surface area contributed by atoms with Gasteiger partial charge in [0.1, 0.15) is 5.60 Å². The third-order valence-corrected chi connectivity index (χ3v) is 6.35. The Morgan fingerprint density at radius 2 is 1.80 bits per heavy atom. The molecule has 4 rings (SSSR count). The van der Waals surface area contributed by atoms with Gasteiger partial charge in [-0.2, -0.15) is 0 Å². The summed E-state index contributed by atoms with van der Waals surface area (Å²) in [6.45, 7) is 11.4. The molecular formula is C28H36N4O3. The van der Waals surface area contributed by atoms with Crippen LogP contribution in [0.5, 0.6) is 0 Å². The zero-order valence-corrected chi connectivity index (χ0v) is 21.6. The molecule has 0 spiro atoms. The Kier molecular flexibility index (Phi) is 6.88. The molecule has 3 aromatic rings. The molecule has 35 heavy (non-hydrogen) atoms. The van der Waals surface area contributed by atoms with Crippen LogP contribution in [0.3, 0.4) is 0 Å². The summed E-state index contributed by atoms with van der Waals surface area (Å²) in [5.74, 6) is 0.343. The van der Waals surface area contributed by atoms with Gasteiger partial charge in [0, 0.05) is 31.4 Å². The van der Waals surface area contributed by atoms with E-state index < -0.39 is 5.60 Å². The van der Waals surface area contributed by atoms with Gasteiger partial charge >= 0.3 is 5.97 Å². The van der Waals surface area contributed by atoms with E-state index in [2.05, 4.69) is 16.3 Å². The van der Waals surface area contributed by atoms with Crippen LogP contribution < -0.4 is 15.8 Å². The van der Waals surface area contributed by atoms with Crippen LogP contribution in [-0.2, 0) is 11.8 Å². The van der Waals surface area contributed by atoms with E-state index in [9.17, 15) is 9.59 Å². The first-order valence-electron chi connectivity index (χ1n) is 12.4. The van der Waals surface area contributed by atoms with E-state index in [1.165, 1.54) is 6.42 Å². The number of fused-ring (bicyclic) bond motifs is 1. The van der Waals surface area contributed by atoms with Crippen LogP contribution in [0.1, 0.15) is 74.5 Å². The van der Waals surface area contributed by atoms with E-state index in [4.69, 9.17) is 9.72 Å². The van der Waals surface area contributed by atoms with Gasteiger partial charge in [0.15, 0.2) is 0 Å². The fourth-order valence-corrected chi connectivity index (χ4v) is 4.68. The number of aromatic nitrogens is 2. The highest BCUT2D eigenvalue weighted by Crippen LogP contribution is 2.30. The van der Waals surface area contributed by atoms with Crippen molar-refractivity contribution >= 4 is 28.5 Å². The van der Waals surface area contributed by atoms with Gasteiger partial charge in [-0.1, -0.05) is 18.2 Å². The molecule has 1 N–H and O–H groups in total. The van der Waals surface area contributed by atoms with E-state index in [0.29, 0.717) is 28.1 Å². The van der Waals surface area contributed by atoms with Crippen molar-refractivity contribution in [2.45, 2.75) is 65.5 Å². The van der Waals surface area contributed by atoms with Crippen molar-refractivity contribution in [2.24, 2.45) is 7.05 Å². The molecule has 2 aromatic carbocycles. The second-order valence-corrected chi connectivity index (χ2v) is 10.5. The molecule has 1 atom stereocenters. The molecule has 1 aliphatic rings. The Labute approximate surface area is 207 Å². The first-order chi connectivity index (χ1) is 16.5. The third kappa shape index (κ3) is 5.34. The zero-order valence-electron chi connectivity index (χ0n) is 21.6. The molecule has 7 heteroatoms. The van der Waals surface area contributed by atoms with Crippen LogP contribution in [0, 0.1) is 6.92 Å². The number of para-hydroxylation sites is 1. The topological polar surface area (TPSA) is 76.5 Å². The Morgan fingerprint density at radius 1 is 1.11 bits per heavy atom. The minimum Gasteiger partial charge on any atom is -0.456 e. The highest BCUT2D eigenvalue weighted by Gasteiger charge is 2.23. The summed E-state index contributed by atoms with van der Waals surface area (Å²) in [6.07, 6.45) is 3.42. The van der Waals surface area contributed by atoms with Gasteiger partial charge in [0.25, 0.3) is 5.56 Å². The largest absolute Gasteiger partial charge is 0.456 e. The monoisotopic (exact) mass is 476 g/mol. The van der Waals surface area contributed by atoms with Crippen molar-refractivity contribution in [1.82, 2.24) is 9.55 Å². The lowest BCUT2D eigenvalue weighted by molar-refractivity contribution is 0.00706. The lowest BCUT2D eigenvalue weighted by Crippen LogP contribution is -2.35. The van der Waals surface area contributed by atoms with E-state index in [1.54, 1.807) is 17.7 Å². The van der Waals surface area contributed by atoms with Crippen molar-refractivity contribution in [3.05, 3.63) is 63.4 Å². The van der Waals surface area contributed by atoms with Crippen LogP contribution in [0.15, 0.2) is 41.2 Å². The Hall–Kier alpha value is -3.35. The van der Waals surface area contributed by atoms with Gasteiger partial charge in [0.2, 0.25) is 5.95 Å². The number of anilines is 2. The summed E-state index contributed by atoms with van der Waals surface area (Å²) in [4.78, 5) is 33.4. The summed E-state index contributed by atoms with van der Waals surface area (Å²) >= 11 is 0. The summed E-state index contributed by atoms with van der Waals surface area (Å²) in [5, 5.41) is 4.09. The summed E-state index contributed by atoms with van der Waals surface area (Å²) < 4.78 is 7.29. The Morgan fingerprint density at radius 3 is 2.49 bits per heavy atom. The molecule has 0 amide bonds. The standard InChI is InChI=1S/C28H36N4O3/c1-18-16-21(19(2)29-23-13-9-8-12-20(23)26(34)35-28(3,4)5)24-22(17-18)25(33)31(6)27(30-24)32-14-10-7-11-15-32/h8-9,12-13,16-17,19,29H,7,10-11,14-15H2,1-6H3. The molecule has 0 radical (unpaired) electrons. The second-order valence-electron chi connectivity index (χ2n) is 10.5. The first kappa shape index (κ1) is 24.8. The van der Waals surface area contributed by atoms with Crippen LogP contribution in [0.4, 0.5) is 11.6 Å². The average molecular weight is 477 g/mol. The van der Waals surface area contributed by atoms with Crippen LogP contribution in [0.25, 0.3) is 10.9 Å². The van der Waals surface area contributed by atoms with E-state index in [-0.39, 0.29) is 17.6 Å².